The molecule has 0 unspecified atom stereocenters. The lowest BCUT2D eigenvalue weighted by Crippen LogP contribution is -2.40. The highest BCUT2D eigenvalue weighted by Gasteiger charge is 2.24. The van der Waals surface area contributed by atoms with Gasteiger partial charge in [0.2, 0.25) is 0 Å². The molecule has 1 saturated heterocycles. The van der Waals surface area contributed by atoms with Crippen LogP contribution in [0.15, 0.2) is 18.6 Å². The Morgan fingerprint density at radius 2 is 2.12 bits per heavy atom. The van der Waals surface area contributed by atoms with E-state index in [1.54, 1.807) is 10.7 Å². The molecule has 26 heavy (non-hydrogen) atoms. The third-order valence-electron chi connectivity index (χ3n) is 5.36. The summed E-state index contributed by atoms with van der Waals surface area (Å²) in [5.41, 5.74) is 2.26. The lowest BCUT2D eigenvalue weighted by molar-refractivity contribution is 0.0943. The third kappa shape index (κ3) is 4.04. The molecule has 7 nitrogen and oxygen atoms in total. The van der Waals surface area contributed by atoms with E-state index >= 15 is 0 Å². The molecule has 142 valence electrons. The predicted octanol–water partition coefficient (Wildman–Crippen LogP) is 1.79. The largest absolute Gasteiger partial charge is 0.350 e. The summed E-state index contributed by atoms with van der Waals surface area (Å²) >= 11 is 0. The van der Waals surface area contributed by atoms with Crippen molar-refractivity contribution >= 4 is 11.6 Å². The average Bonchev–Trinajstić information content (AvgIpc) is 3.30. The van der Waals surface area contributed by atoms with Gasteiger partial charge >= 0.3 is 0 Å². The van der Waals surface area contributed by atoms with Crippen LogP contribution in [-0.4, -0.2) is 69.1 Å². The second-order valence-electron chi connectivity index (χ2n) is 6.88. The van der Waals surface area contributed by atoms with E-state index in [2.05, 4.69) is 46.0 Å². The summed E-state index contributed by atoms with van der Waals surface area (Å²) < 4.78 is 1.71. The van der Waals surface area contributed by atoms with Crippen LogP contribution in [0.4, 0.5) is 0 Å². The van der Waals surface area contributed by atoms with E-state index in [-0.39, 0.29) is 5.91 Å². The molecule has 1 aliphatic rings. The molecular formula is C19H30N6O. The van der Waals surface area contributed by atoms with Crippen LogP contribution >= 0.6 is 0 Å². The molecule has 3 heterocycles. The lowest BCUT2D eigenvalue weighted by Gasteiger charge is -2.22. The van der Waals surface area contributed by atoms with Gasteiger partial charge in [-0.2, -0.15) is 5.10 Å². The van der Waals surface area contributed by atoms with Crippen LogP contribution < -0.4 is 5.32 Å². The first-order valence-corrected chi connectivity index (χ1v) is 9.73. The van der Waals surface area contributed by atoms with Crippen molar-refractivity contribution in [1.82, 2.24) is 29.7 Å². The molecular weight excluding hydrogens is 328 g/mol. The van der Waals surface area contributed by atoms with Gasteiger partial charge < -0.3 is 5.32 Å². The minimum absolute atomic E-state index is 0.0908. The summed E-state index contributed by atoms with van der Waals surface area (Å²) in [7, 11) is 0. The normalized spacial score (nSPS) is 18.1. The van der Waals surface area contributed by atoms with Gasteiger partial charge in [0.1, 0.15) is 5.56 Å². The molecule has 1 fully saturated rings. The van der Waals surface area contributed by atoms with Crippen molar-refractivity contribution in [2.45, 2.75) is 46.2 Å². The van der Waals surface area contributed by atoms with Crippen LogP contribution in [-0.2, 0) is 6.54 Å². The number of fused-ring (bicyclic) bond motifs is 1. The first-order valence-electron chi connectivity index (χ1n) is 9.73. The monoisotopic (exact) mass is 358 g/mol. The van der Waals surface area contributed by atoms with Crippen molar-refractivity contribution in [3.05, 3.63) is 29.7 Å². The van der Waals surface area contributed by atoms with E-state index in [0.29, 0.717) is 23.8 Å². The number of hydrogen-bond acceptors (Lipinski definition) is 5. The van der Waals surface area contributed by atoms with Gasteiger partial charge in [0.05, 0.1) is 6.20 Å². The summed E-state index contributed by atoms with van der Waals surface area (Å²) in [5.74, 6) is -0.0908. The molecule has 0 aromatic carbocycles. The van der Waals surface area contributed by atoms with Gasteiger partial charge in [-0.15, -0.1) is 0 Å². The van der Waals surface area contributed by atoms with E-state index in [4.69, 9.17) is 0 Å². The molecule has 7 heteroatoms. The molecule has 1 amide bonds. The summed E-state index contributed by atoms with van der Waals surface area (Å²) in [6, 6.07) is 0.444. The topological polar surface area (TPSA) is 65.8 Å². The van der Waals surface area contributed by atoms with Crippen molar-refractivity contribution in [1.29, 1.82) is 0 Å². The molecule has 3 rings (SSSR count). The molecule has 1 N–H and O–H groups in total. The number of carbonyl (C=O) groups is 1. The Morgan fingerprint density at radius 1 is 1.31 bits per heavy atom. The molecule has 0 aliphatic carbocycles. The number of rotatable bonds is 8. The average molecular weight is 358 g/mol. The molecule has 2 aromatic heterocycles. The maximum atomic E-state index is 12.6. The SMILES string of the molecule is CCN(CC)Cc1cnc2c(C(=O)NC[C@@H]3CCCN3CC)cnn2c1. The van der Waals surface area contributed by atoms with E-state index < -0.39 is 0 Å². The van der Waals surface area contributed by atoms with E-state index in [1.165, 1.54) is 6.42 Å². The van der Waals surface area contributed by atoms with Crippen LogP contribution in [0.2, 0.25) is 0 Å². The summed E-state index contributed by atoms with van der Waals surface area (Å²) in [5, 5.41) is 7.40. The maximum Gasteiger partial charge on any atom is 0.256 e. The van der Waals surface area contributed by atoms with Gasteiger partial charge in [-0.25, -0.2) is 9.50 Å². The van der Waals surface area contributed by atoms with Crippen LogP contribution in [0, 0.1) is 0 Å². The maximum absolute atomic E-state index is 12.6. The van der Waals surface area contributed by atoms with Gasteiger partial charge in [-0.3, -0.25) is 14.6 Å². The zero-order valence-electron chi connectivity index (χ0n) is 16.1. The number of nitrogens with one attached hydrogen (secondary N) is 1. The second-order valence-corrected chi connectivity index (χ2v) is 6.88. The fourth-order valence-electron chi connectivity index (χ4n) is 3.71. The molecule has 1 atom stereocenters. The quantitative estimate of drug-likeness (QED) is 0.779. The Morgan fingerprint density at radius 3 is 2.85 bits per heavy atom. The molecule has 0 saturated carbocycles. The standard InChI is InChI=1S/C19H30N6O/c1-4-23(5-2)13-15-10-20-18-17(12-22-25(18)14-15)19(26)21-11-16-8-7-9-24(16)6-3/h10,12,14,16H,4-9,11,13H2,1-3H3,(H,21,26)/t16-/m0/s1. The predicted molar refractivity (Wildman–Crippen MR) is 102 cm³/mol. The highest BCUT2D eigenvalue weighted by Crippen LogP contribution is 2.16. The highest BCUT2D eigenvalue weighted by atomic mass is 16.1. The van der Waals surface area contributed by atoms with E-state index in [0.717, 1.165) is 44.7 Å². The molecule has 0 spiro atoms. The van der Waals surface area contributed by atoms with Crippen molar-refractivity contribution in [2.75, 3.05) is 32.7 Å². The summed E-state index contributed by atoms with van der Waals surface area (Å²) in [4.78, 5) is 21.8. The molecule has 0 bridgehead atoms. The number of amides is 1. The van der Waals surface area contributed by atoms with Gasteiger partial charge in [-0.05, 0) is 39.0 Å². The second kappa shape index (κ2) is 8.60. The van der Waals surface area contributed by atoms with Crippen molar-refractivity contribution in [3.8, 4) is 0 Å². The van der Waals surface area contributed by atoms with Gasteiger partial charge in [0.25, 0.3) is 5.91 Å². The first kappa shape index (κ1) is 18.8. The van der Waals surface area contributed by atoms with Gasteiger partial charge in [-0.1, -0.05) is 20.8 Å². The number of aromatic nitrogens is 3. The number of hydrogen-bond donors (Lipinski definition) is 1. The van der Waals surface area contributed by atoms with Crippen LogP contribution in [0.25, 0.3) is 5.65 Å². The van der Waals surface area contributed by atoms with Crippen molar-refractivity contribution in [2.24, 2.45) is 0 Å². The number of nitrogens with zero attached hydrogens (tertiary/aromatic N) is 5. The van der Waals surface area contributed by atoms with Crippen molar-refractivity contribution in [3.63, 3.8) is 0 Å². The zero-order chi connectivity index (χ0) is 18.5. The molecule has 1 aliphatic heterocycles. The summed E-state index contributed by atoms with van der Waals surface area (Å²) in [6.07, 6.45) is 7.79. The Kier molecular flexibility index (Phi) is 6.21. The van der Waals surface area contributed by atoms with E-state index in [1.807, 2.05) is 12.4 Å². The van der Waals surface area contributed by atoms with Gasteiger partial charge in [0, 0.05) is 37.1 Å². The first-order chi connectivity index (χ1) is 12.7. The minimum Gasteiger partial charge on any atom is -0.350 e. The fourth-order valence-corrected chi connectivity index (χ4v) is 3.71. The highest BCUT2D eigenvalue weighted by molar-refractivity contribution is 5.99. The number of carbonyl (C=O) groups excluding carboxylic acids is 1. The molecule has 0 radical (unpaired) electrons. The smallest absolute Gasteiger partial charge is 0.256 e. The van der Waals surface area contributed by atoms with E-state index in [9.17, 15) is 4.79 Å². The summed E-state index contributed by atoms with van der Waals surface area (Å²) in [6.45, 7) is 12.2. The van der Waals surface area contributed by atoms with Crippen LogP contribution in [0.1, 0.15) is 49.5 Å². The number of likely N-dealkylation sites (tertiary alicyclic amines) is 1. The van der Waals surface area contributed by atoms with Gasteiger partial charge in [0.15, 0.2) is 5.65 Å². The molecule has 2 aromatic rings. The van der Waals surface area contributed by atoms with Crippen molar-refractivity contribution < 1.29 is 4.79 Å². The minimum atomic E-state index is -0.0908. The third-order valence-corrected chi connectivity index (χ3v) is 5.36. The Bertz CT molecular complexity index is 739. The Balaban J connectivity index is 1.67. The fraction of sp³-hybridized carbons (Fsp3) is 0.632. The number of likely N-dealkylation sites (N-methyl/N-ethyl adjacent to an activating group) is 1. The van der Waals surface area contributed by atoms with Crippen LogP contribution in [0.5, 0.6) is 0 Å². The zero-order valence-corrected chi connectivity index (χ0v) is 16.1. The Hall–Kier alpha value is -1.99. The van der Waals surface area contributed by atoms with Crippen LogP contribution in [0.3, 0.4) is 0 Å². The lowest BCUT2D eigenvalue weighted by atomic mass is 10.2. The Labute approximate surface area is 155 Å².